The zero-order chi connectivity index (χ0) is 17.0. The maximum Gasteiger partial charge on any atom is 0.234 e. The maximum atomic E-state index is 12.5. The van der Waals surface area contributed by atoms with Gasteiger partial charge in [0.05, 0.1) is 24.1 Å². The second kappa shape index (κ2) is 7.66. The van der Waals surface area contributed by atoms with Crippen molar-refractivity contribution in [2.24, 2.45) is 5.92 Å². The van der Waals surface area contributed by atoms with Crippen LogP contribution in [0.2, 0.25) is 0 Å². The van der Waals surface area contributed by atoms with E-state index < -0.39 is 9.84 Å². The minimum Gasteiger partial charge on any atom is -0.348 e. The standard InChI is InChI=1S/C18H26N2O3S/c21-17(14-20-10-12-24(22,23)13-11-20)19-18(16-8-4-5-9-16)15-6-2-1-3-7-15/h1-3,6-7,16,18H,4-5,8-14H2,(H,19,21). The van der Waals surface area contributed by atoms with Gasteiger partial charge in [-0.05, 0) is 24.3 Å². The van der Waals surface area contributed by atoms with E-state index in [9.17, 15) is 13.2 Å². The molecule has 0 radical (unpaired) electrons. The van der Waals surface area contributed by atoms with Crippen molar-refractivity contribution in [3.05, 3.63) is 35.9 Å². The van der Waals surface area contributed by atoms with Crippen molar-refractivity contribution in [3.8, 4) is 0 Å². The molecule has 24 heavy (non-hydrogen) atoms. The molecule has 2 aliphatic rings. The van der Waals surface area contributed by atoms with E-state index in [2.05, 4.69) is 17.4 Å². The number of rotatable bonds is 5. The van der Waals surface area contributed by atoms with Gasteiger partial charge < -0.3 is 5.32 Å². The lowest BCUT2D eigenvalue weighted by Crippen LogP contribution is -2.46. The minimum atomic E-state index is -2.90. The lowest BCUT2D eigenvalue weighted by Gasteiger charge is -2.29. The van der Waals surface area contributed by atoms with Crippen LogP contribution in [-0.4, -0.2) is 50.4 Å². The van der Waals surface area contributed by atoms with Crippen LogP contribution in [0.5, 0.6) is 0 Å². The van der Waals surface area contributed by atoms with Gasteiger partial charge in [0.15, 0.2) is 9.84 Å². The van der Waals surface area contributed by atoms with Crippen LogP contribution in [0.15, 0.2) is 30.3 Å². The third-order valence-corrected chi connectivity index (χ3v) is 6.76. The third kappa shape index (κ3) is 4.57. The molecule has 1 amide bonds. The van der Waals surface area contributed by atoms with Crippen molar-refractivity contribution >= 4 is 15.7 Å². The molecule has 2 fully saturated rings. The molecule has 1 aliphatic heterocycles. The number of benzene rings is 1. The zero-order valence-electron chi connectivity index (χ0n) is 14.0. The SMILES string of the molecule is O=C(CN1CCS(=O)(=O)CC1)NC(c1ccccc1)C1CCCC1. The van der Waals surface area contributed by atoms with Crippen LogP contribution >= 0.6 is 0 Å². The summed E-state index contributed by atoms with van der Waals surface area (Å²) in [6.07, 6.45) is 4.77. The highest BCUT2D eigenvalue weighted by atomic mass is 32.2. The average Bonchev–Trinajstić information content (AvgIpc) is 3.10. The summed E-state index contributed by atoms with van der Waals surface area (Å²) in [6, 6.07) is 10.2. The lowest BCUT2D eigenvalue weighted by molar-refractivity contribution is -0.123. The number of nitrogens with one attached hydrogen (secondary N) is 1. The highest BCUT2D eigenvalue weighted by Crippen LogP contribution is 2.35. The van der Waals surface area contributed by atoms with Crippen LogP contribution in [0.4, 0.5) is 0 Å². The fraction of sp³-hybridized carbons (Fsp3) is 0.611. The summed E-state index contributed by atoms with van der Waals surface area (Å²) < 4.78 is 23.0. The number of sulfone groups is 1. The second-order valence-electron chi connectivity index (χ2n) is 6.93. The molecule has 1 unspecified atom stereocenters. The van der Waals surface area contributed by atoms with Crippen LogP contribution in [0.3, 0.4) is 0 Å². The Hall–Kier alpha value is -1.40. The molecule has 1 saturated carbocycles. The molecule has 6 heteroatoms. The molecule has 1 saturated heterocycles. The molecule has 132 valence electrons. The predicted molar refractivity (Wildman–Crippen MR) is 94.4 cm³/mol. The number of hydrogen-bond acceptors (Lipinski definition) is 4. The monoisotopic (exact) mass is 350 g/mol. The van der Waals surface area contributed by atoms with Gasteiger partial charge in [0.25, 0.3) is 0 Å². The van der Waals surface area contributed by atoms with Gasteiger partial charge in [-0.1, -0.05) is 43.2 Å². The van der Waals surface area contributed by atoms with Gasteiger partial charge in [-0.2, -0.15) is 0 Å². The topological polar surface area (TPSA) is 66.5 Å². The largest absolute Gasteiger partial charge is 0.348 e. The van der Waals surface area contributed by atoms with E-state index in [1.807, 2.05) is 23.1 Å². The first kappa shape index (κ1) is 17.4. The number of nitrogens with zero attached hydrogens (tertiary/aromatic N) is 1. The summed E-state index contributed by atoms with van der Waals surface area (Å²) in [4.78, 5) is 14.4. The molecule has 1 aromatic rings. The molecule has 1 heterocycles. The molecule has 0 spiro atoms. The van der Waals surface area contributed by atoms with E-state index in [4.69, 9.17) is 0 Å². The Labute approximate surface area is 144 Å². The Morgan fingerprint density at radius 2 is 1.75 bits per heavy atom. The molecule has 1 atom stereocenters. The van der Waals surface area contributed by atoms with Crippen LogP contribution in [0, 0.1) is 5.92 Å². The third-order valence-electron chi connectivity index (χ3n) is 5.15. The highest BCUT2D eigenvalue weighted by Gasteiger charge is 2.29. The predicted octanol–water partition coefficient (Wildman–Crippen LogP) is 1.76. The Morgan fingerprint density at radius 1 is 1.12 bits per heavy atom. The van der Waals surface area contributed by atoms with Crippen LogP contribution in [-0.2, 0) is 14.6 Å². The van der Waals surface area contributed by atoms with E-state index in [0.717, 1.165) is 12.8 Å². The van der Waals surface area contributed by atoms with Crippen LogP contribution < -0.4 is 5.32 Å². The summed E-state index contributed by atoms with van der Waals surface area (Å²) in [5, 5.41) is 3.21. The summed E-state index contributed by atoms with van der Waals surface area (Å²) in [5.74, 6) is 0.809. The fourth-order valence-corrected chi connectivity index (χ4v) is 5.03. The Bertz CT molecular complexity index is 640. The minimum absolute atomic E-state index is 0.00458. The molecule has 1 N–H and O–H groups in total. The molecule has 1 aliphatic carbocycles. The highest BCUT2D eigenvalue weighted by molar-refractivity contribution is 7.91. The molecule has 0 aromatic heterocycles. The van der Waals surface area contributed by atoms with Crippen LogP contribution in [0.25, 0.3) is 0 Å². The number of amides is 1. The second-order valence-corrected chi connectivity index (χ2v) is 9.23. The lowest BCUT2D eigenvalue weighted by atomic mass is 9.91. The first-order chi connectivity index (χ1) is 11.5. The van der Waals surface area contributed by atoms with Crippen molar-refractivity contribution in [2.45, 2.75) is 31.7 Å². The number of hydrogen-bond donors (Lipinski definition) is 1. The van der Waals surface area contributed by atoms with Gasteiger partial charge in [-0.15, -0.1) is 0 Å². The number of carbonyl (C=O) groups excluding carboxylic acids is 1. The van der Waals surface area contributed by atoms with Crippen molar-refractivity contribution in [1.29, 1.82) is 0 Å². The molecule has 1 aromatic carbocycles. The van der Waals surface area contributed by atoms with E-state index >= 15 is 0 Å². The zero-order valence-corrected chi connectivity index (χ0v) is 14.8. The molecule has 0 bridgehead atoms. The van der Waals surface area contributed by atoms with Gasteiger partial charge >= 0.3 is 0 Å². The van der Waals surface area contributed by atoms with Gasteiger partial charge in [-0.25, -0.2) is 8.42 Å². The average molecular weight is 350 g/mol. The summed E-state index contributed by atoms with van der Waals surface area (Å²) in [6.45, 7) is 1.19. The van der Waals surface area contributed by atoms with E-state index in [0.29, 0.717) is 19.0 Å². The van der Waals surface area contributed by atoms with Gasteiger partial charge in [0.1, 0.15) is 0 Å². The summed E-state index contributed by atoms with van der Waals surface area (Å²) in [5.41, 5.74) is 1.17. The maximum absolute atomic E-state index is 12.5. The Balaban J connectivity index is 1.61. The first-order valence-electron chi connectivity index (χ1n) is 8.80. The van der Waals surface area contributed by atoms with Crippen molar-refractivity contribution in [3.63, 3.8) is 0 Å². The Kier molecular flexibility index (Phi) is 5.56. The summed E-state index contributed by atoms with van der Waals surface area (Å²) in [7, 11) is -2.90. The Morgan fingerprint density at radius 3 is 2.38 bits per heavy atom. The van der Waals surface area contributed by atoms with Gasteiger partial charge in [0, 0.05) is 13.1 Å². The van der Waals surface area contributed by atoms with E-state index in [-0.39, 0.29) is 30.0 Å². The number of carbonyl (C=O) groups is 1. The van der Waals surface area contributed by atoms with Crippen molar-refractivity contribution in [2.75, 3.05) is 31.1 Å². The fourth-order valence-electron chi connectivity index (χ4n) is 3.75. The van der Waals surface area contributed by atoms with Crippen molar-refractivity contribution in [1.82, 2.24) is 10.2 Å². The van der Waals surface area contributed by atoms with Gasteiger partial charge in [-0.3, -0.25) is 9.69 Å². The van der Waals surface area contributed by atoms with E-state index in [1.165, 1.54) is 18.4 Å². The van der Waals surface area contributed by atoms with Gasteiger partial charge in [0.2, 0.25) is 5.91 Å². The molecule has 3 rings (SSSR count). The quantitative estimate of drug-likeness (QED) is 0.879. The smallest absolute Gasteiger partial charge is 0.234 e. The first-order valence-corrected chi connectivity index (χ1v) is 10.6. The molecular formula is C18H26N2O3S. The molecular weight excluding hydrogens is 324 g/mol. The molecule has 5 nitrogen and oxygen atoms in total. The van der Waals surface area contributed by atoms with E-state index in [1.54, 1.807) is 0 Å². The summed E-state index contributed by atoms with van der Waals surface area (Å²) >= 11 is 0. The van der Waals surface area contributed by atoms with Crippen LogP contribution in [0.1, 0.15) is 37.3 Å². The van der Waals surface area contributed by atoms with Crippen molar-refractivity contribution < 1.29 is 13.2 Å². The normalized spacial score (nSPS) is 23.0.